The van der Waals surface area contributed by atoms with E-state index in [2.05, 4.69) is 44.2 Å². The van der Waals surface area contributed by atoms with Gasteiger partial charge in [-0.05, 0) is 74.8 Å². The van der Waals surface area contributed by atoms with E-state index in [1.165, 1.54) is 0 Å². The second kappa shape index (κ2) is 12.5. The number of amides is 1. The van der Waals surface area contributed by atoms with Crippen LogP contribution in [0.1, 0.15) is 58.4 Å². The molecule has 0 fully saturated rings. The number of carbonyl (C=O) groups is 2. The van der Waals surface area contributed by atoms with Gasteiger partial charge in [-0.3, -0.25) is 4.79 Å². The molecule has 0 bridgehead atoms. The molecule has 0 aliphatic heterocycles. The number of rotatable bonds is 12. The molecule has 29 heavy (non-hydrogen) atoms. The number of hydrogen-bond acceptors (Lipinski definition) is 4. The SMILES string of the molecule is CC(C)CC(CNC(=O)Oc1cccc([C@@H](CCN(C)C)C(C)C)c1)CC(=O)O. The number of carboxylic acids is 1. The molecular formula is C23H38N2O4. The zero-order valence-electron chi connectivity index (χ0n) is 18.8. The minimum Gasteiger partial charge on any atom is -0.481 e. The molecule has 0 spiro atoms. The van der Waals surface area contributed by atoms with Gasteiger partial charge in [0.25, 0.3) is 0 Å². The molecule has 0 aliphatic rings. The third kappa shape index (κ3) is 10.3. The lowest BCUT2D eigenvalue weighted by Gasteiger charge is -2.23. The quantitative estimate of drug-likeness (QED) is 0.530. The Morgan fingerprint density at radius 3 is 2.41 bits per heavy atom. The van der Waals surface area contributed by atoms with Crippen molar-refractivity contribution in [3.05, 3.63) is 29.8 Å². The summed E-state index contributed by atoms with van der Waals surface area (Å²) in [6.45, 7) is 9.78. The Bertz CT molecular complexity index is 644. The Morgan fingerprint density at radius 1 is 1.17 bits per heavy atom. The zero-order chi connectivity index (χ0) is 22.0. The highest BCUT2D eigenvalue weighted by Crippen LogP contribution is 2.30. The van der Waals surface area contributed by atoms with Crippen LogP contribution in [0.25, 0.3) is 0 Å². The molecule has 0 saturated carbocycles. The first-order valence-electron chi connectivity index (χ1n) is 10.5. The average molecular weight is 407 g/mol. The predicted molar refractivity (Wildman–Crippen MR) is 116 cm³/mol. The summed E-state index contributed by atoms with van der Waals surface area (Å²) in [4.78, 5) is 25.4. The lowest BCUT2D eigenvalue weighted by Crippen LogP contribution is -2.33. The molecule has 1 rings (SSSR count). The van der Waals surface area contributed by atoms with Gasteiger partial charge in [0.1, 0.15) is 5.75 Å². The molecule has 1 unspecified atom stereocenters. The van der Waals surface area contributed by atoms with Crippen molar-refractivity contribution in [3.63, 3.8) is 0 Å². The summed E-state index contributed by atoms with van der Waals surface area (Å²) in [6.07, 6.45) is 1.27. The molecule has 164 valence electrons. The maximum Gasteiger partial charge on any atom is 0.412 e. The van der Waals surface area contributed by atoms with Crippen molar-refractivity contribution in [2.24, 2.45) is 17.8 Å². The molecule has 2 N–H and O–H groups in total. The van der Waals surface area contributed by atoms with Crippen molar-refractivity contribution in [1.82, 2.24) is 10.2 Å². The van der Waals surface area contributed by atoms with E-state index in [0.29, 0.717) is 30.0 Å². The highest BCUT2D eigenvalue weighted by Gasteiger charge is 2.19. The lowest BCUT2D eigenvalue weighted by molar-refractivity contribution is -0.138. The van der Waals surface area contributed by atoms with Crippen LogP contribution in [0.3, 0.4) is 0 Å². The molecule has 6 heteroatoms. The summed E-state index contributed by atoms with van der Waals surface area (Å²) in [5.41, 5.74) is 1.16. The highest BCUT2D eigenvalue weighted by atomic mass is 16.6. The number of nitrogens with one attached hydrogen (secondary N) is 1. The first kappa shape index (κ1) is 25.0. The van der Waals surface area contributed by atoms with Crippen molar-refractivity contribution in [3.8, 4) is 5.75 Å². The van der Waals surface area contributed by atoms with E-state index < -0.39 is 12.1 Å². The van der Waals surface area contributed by atoms with Crippen LogP contribution in [0.4, 0.5) is 4.79 Å². The molecule has 1 aromatic carbocycles. The summed E-state index contributed by atoms with van der Waals surface area (Å²) < 4.78 is 5.46. The molecule has 0 aromatic heterocycles. The van der Waals surface area contributed by atoms with Gasteiger partial charge in [-0.1, -0.05) is 39.8 Å². The average Bonchev–Trinajstić information content (AvgIpc) is 2.58. The van der Waals surface area contributed by atoms with Gasteiger partial charge in [-0.2, -0.15) is 0 Å². The molecule has 0 heterocycles. The molecular weight excluding hydrogens is 368 g/mol. The first-order chi connectivity index (χ1) is 13.6. The van der Waals surface area contributed by atoms with Crippen LogP contribution in [-0.2, 0) is 4.79 Å². The van der Waals surface area contributed by atoms with Crippen LogP contribution in [0.2, 0.25) is 0 Å². The molecule has 6 nitrogen and oxygen atoms in total. The van der Waals surface area contributed by atoms with E-state index in [9.17, 15) is 9.59 Å². The second-order valence-corrected chi connectivity index (χ2v) is 8.88. The molecule has 0 saturated heterocycles. The van der Waals surface area contributed by atoms with Crippen molar-refractivity contribution >= 4 is 12.1 Å². The van der Waals surface area contributed by atoms with Crippen LogP contribution in [0, 0.1) is 17.8 Å². The van der Waals surface area contributed by atoms with Crippen molar-refractivity contribution in [2.45, 2.75) is 52.9 Å². The van der Waals surface area contributed by atoms with E-state index in [-0.39, 0.29) is 12.3 Å². The first-order valence-corrected chi connectivity index (χ1v) is 10.5. The number of benzene rings is 1. The summed E-state index contributed by atoms with van der Waals surface area (Å²) in [5.74, 6) is 0.777. The van der Waals surface area contributed by atoms with E-state index in [1.54, 1.807) is 6.07 Å². The monoisotopic (exact) mass is 406 g/mol. The summed E-state index contributed by atoms with van der Waals surface area (Å²) in [5, 5.41) is 11.8. The second-order valence-electron chi connectivity index (χ2n) is 8.88. The number of ether oxygens (including phenoxy) is 1. The van der Waals surface area contributed by atoms with Gasteiger partial charge in [-0.15, -0.1) is 0 Å². The fraction of sp³-hybridized carbons (Fsp3) is 0.652. The Hall–Kier alpha value is -2.08. The standard InChI is InChI=1S/C23H38N2O4/c1-16(2)12-18(13-22(26)27)15-24-23(28)29-20-9-7-8-19(14-20)21(17(3)4)10-11-25(5)6/h7-9,14,16-18,21H,10-13,15H2,1-6H3,(H,24,28)(H,26,27)/t18?,21-/m0/s1. The van der Waals surface area contributed by atoms with E-state index in [0.717, 1.165) is 24.9 Å². The van der Waals surface area contributed by atoms with Gasteiger partial charge in [0.2, 0.25) is 0 Å². The number of carboxylic acid groups (broad SMARTS) is 1. The molecule has 0 aliphatic carbocycles. The van der Waals surface area contributed by atoms with Gasteiger partial charge in [0, 0.05) is 13.0 Å². The van der Waals surface area contributed by atoms with Crippen LogP contribution in [0.15, 0.2) is 24.3 Å². The van der Waals surface area contributed by atoms with Crippen LogP contribution in [-0.4, -0.2) is 49.3 Å². The van der Waals surface area contributed by atoms with Gasteiger partial charge in [0.15, 0.2) is 0 Å². The van der Waals surface area contributed by atoms with Crippen LogP contribution >= 0.6 is 0 Å². The van der Waals surface area contributed by atoms with Crippen LogP contribution < -0.4 is 10.1 Å². The summed E-state index contributed by atoms with van der Waals surface area (Å²) >= 11 is 0. The Balaban J connectivity index is 2.71. The predicted octanol–water partition coefficient (Wildman–Crippen LogP) is 4.60. The van der Waals surface area contributed by atoms with E-state index in [1.807, 2.05) is 26.0 Å². The Labute approximate surface area is 175 Å². The summed E-state index contributed by atoms with van der Waals surface area (Å²) in [7, 11) is 4.14. The minimum atomic E-state index is -0.851. The van der Waals surface area contributed by atoms with Gasteiger partial charge >= 0.3 is 12.1 Å². The normalized spacial score (nSPS) is 13.6. The lowest BCUT2D eigenvalue weighted by atomic mass is 9.85. The fourth-order valence-corrected chi connectivity index (χ4v) is 3.61. The summed E-state index contributed by atoms with van der Waals surface area (Å²) in [6, 6.07) is 7.70. The molecule has 1 aromatic rings. The largest absolute Gasteiger partial charge is 0.481 e. The van der Waals surface area contributed by atoms with Gasteiger partial charge < -0.3 is 20.1 Å². The smallest absolute Gasteiger partial charge is 0.412 e. The van der Waals surface area contributed by atoms with Gasteiger partial charge in [0.05, 0.1) is 0 Å². The maximum absolute atomic E-state index is 12.2. The highest BCUT2D eigenvalue weighted by molar-refractivity contribution is 5.71. The molecule has 2 atom stereocenters. The molecule has 0 radical (unpaired) electrons. The number of hydrogen-bond donors (Lipinski definition) is 2. The maximum atomic E-state index is 12.2. The third-order valence-corrected chi connectivity index (χ3v) is 4.99. The Kier molecular flexibility index (Phi) is 10.7. The topological polar surface area (TPSA) is 78.9 Å². The zero-order valence-corrected chi connectivity index (χ0v) is 18.8. The van der Waals surface area contributed by atoms with E-state index >= 15 is 0 Å². The Morgan fingerprint density at radius 2 is 1.86 bits per heavy atom. The van der Waals surface area contributed by atoms with Gasteiger partial charge in [-0.25, -0.2) is 4.79 Å². The van der Waals surface area contributed by atoms with E-state index in [4.69, 9.17) is 9.84 Å². The number of aliphatic carboxylic acids is 1. The number of carbonyl (C=O) groups excluding carboxylic acids is 1. The van der Waals surface area contributed by atoms with Crippen LogP contribution in [0.5, 0.6) is 5.75 Å². The van der Waals surface area contributed by atoms with Crippen molar-refractivity contribution in [1.29, 1.82) is 0 Å². The van der Waals surface area contributed by atoms with Crippen molar-refractivity contribution < 1.29 is 19.4 Å². The number of nitrogens with zero attached hydrogens (tertiary/aromatic N) is 1. The minimum absolute atomic E-state index is 0.0376. The third-order valence-electron chi connectivity index (χ3n) is 4.99. The fourth-order valence-electron chi connectivity index (χ4n) is 3.61. The molecule has 1 amide bonds. The van der Waals surface area contributed by atoms with Crippen molar-refractivity contribution in [2.75, 3.05) is 27.2 Å².